The molecule has 2 fully saturated rings. The van der Waals surface area contributed by atoms with Crippen LogP contribution in [0.3, 0.4) is 0 Å². The zero-order valence-electron chi connectivity index (χ0n) is 30.0. The van der Waals surface area contributed by atoms with Gasteiger partial charge in [-0.3, -0.25) is 9.59 Å². The number of piperidine rings is 1. The zero-order chi connectivity index (χ0) is 37.9. The fraction of sp³-hybridized carbons (Fsp3) is 0.450. The van der Waals surface area contributed by atoms with Crippen LogP contribution >= 0.6 is 23.2 Å². The number of hydrogen-bond donors (Lipinski definition) is 2. The minimum Gasteiger partial charge on any atom is -0.493 e. The van der Waals surface area contributed by atoms with E-state index in [1.165, 1.54) is 18.2 Å². The number of carbonyl (C=O) groups is 4. The maximum Gasteiger partial charge on any atom is 0.341 e. The van der Waals surface area contributed by atoms with Gasteiger partial charge in [0.2, 0.25) is 5.91 Å². The van der Waals surface area contributed by atoms with E-state index in [1.807, 2.05) is 18.2 Å². The minimum atomic E-state index is -1.12. The standard InChI is InChI=1S/C40H46Cl2N2O9/c1-50-34-17-15-25(19-35(34)51-2)14-16-33(27-11-8-12-31(22-27)52-24-36(45)46)53-40(49)32-13-6-7-18-44(32)39(48)37(26-9-4-3-5-10-26)43-38(47)28-20-29(41)23-30(42)21-28/h8,11-12,15,17,19-23,26,32-33,37H,3-7,9-10,13-14,16,18,24H2,1-2H3,(H,43,47)(H,45,46)/t32-,33?,37-/m0/s1. The predicted octanol–water partition coefficient (Wildman–Crippen LogP) is 7.45. The molecule has 1 saturated heterocycles. The molecule has 2 N–H and O–H groups in total. The van der Waals surface area contributed by atoms with Crippen LogP contribution in [0.1, 0.15) is 85.4 Å². The Bertz CT molecular complexity index is 1740. The van der Waals surface area contributed by atoms with E-state index in [2.05, 4.69) is 5.32 Å². The molecule has 1 aliphatic heterocycles. The Morgan fingerprint density at radius 3 is 2.28 bits per heavy atom. The summed E-state index contributed by atoms with van der Waals surface area (Å²) in [5.41, 5.74) is 1.78. The van der Waals surface area contributed by atoms with Gasteiger partial charge in [-0.1, -0.05) is 60.7 Å². The Balaban J connectivity index is 1.39. The van der Waals surface area contributed by atoms with Crippen LogP contribution in [0, 0.1) is 5.92 Å². The van der Waals surface area contributed by atoms with Crippen LogP contribution in [-0.4, -0.2) is 73.2 Å². The number of nitrogens with one attached hydrogen (secondary N) is 1. The number of halogens is 2. The lowest BCUT2D eigenvalue weighted by Gasteiger charge is -2.39. The van der Waals surface area contributed by atoms with Gasteiger partial charge < -0.3 is 34.3 Å². The molecule has 0 radical (unpaired) electrons. The number of likely N-dealkylation sites (tertiary alicyclic amines) is 1. The fourth-order valence-corrected chi connectivity index (χ4v) is 7.70. The number of carboxylic acid groups (broad SMARTS) is 1. The molecular weight excluding hydrogens is 723 g/mol. The number of nitrogens with zero attached hydrogens (tertiary/aromatic N) is 1. The van der Waals surface area contributed by atoms with E-state index < -0.39 is 42.6 Å². The van der Waals surface area contributed by atoms with Crippen molar-refractivity contribution in [3.63, 3.8) is 0 Å². The molecule has 53 heavy (non-hydrogen) atoms. The van der Waals surface area contributed by atoms with Gasteiger partial charge in [-0.25, -0.2) is 9.59 Å². The summed E-state index contributed by atoms with van der Waals surface area (Å²) in [7, 11) is 3.12. The normalized spacial score (nSPS) is 17.3. The molecule has 3 atom stereocenters. The third kappa shape index (κ3) is 10.8. The molecule has 0 bridgehead atoms. The van der Waals surface area contributed by atoms with Crippen molar-refractivity contribution in [1.82, 2.24) is 10.2 Å². The van der Waals surface area contributed by atoms with Crippen molar-refractivity contribution < 1.29 is 43.2 Å². The topological polar surface area (TPSA) is 141 Å². The first-order valence-corrected chi connectivity index (χ1v) is 18.7. The maximum atomic E-state index is 14.5. The second kappa shape index (κ2) is 19.0. The van der Waals surface area contributed by atoms with Gasteiger partial charge >= 0.3 is 11.9 Å². The molecule has 2 aliphatic rings. The molecule has 11 nitrogen and oxygen atoms in total. The van der Waals surface area contributed by atoms with Crippen molar-refractivity contribution in [3.8, 4) is 17.2 Å². The Labute approximate surface area is 319 Å². The van der Waals surface area contributed by atoms with Crippen LogP contribution < -0.4 is 19.5 Å². The number of ether oxygens (including phenoxy) is 4. The summed E-state index contributed by atoms with van der Waals surface area (Å²) in [4.78, 5) is 55.1. The van der Waals surface area contributed by atoms with Crippen LogP contribution in [0.4, 0.5) is 0 Å². The number of aryl methyl sites for hydroxylation is 1. The molecule has 3 aromatic rings. The number of carbonyl (C=O) groups excluding carboxylic acids is 3. The third-order valence-electron chi connectivity index (χ3n) is 9.85. The molecule has 1 saturated carbocycles. The van der Waals surface area contributed by atoms with Crippen LogP contribution in [0.2, 0.25) is 10.0 Å². The molecule has 0 spiro atoms. The van der Waals surface area contributed by atoms with Crippen LogP contribution in [0.5, 0.6) is 17.2 Å². The largest absolute Gasteiger partial charge is 0.493 e. The van der Waals surface area contributed by atoms with Gasteiger partial charge in [-0.2, -0.15) is 0 Å². The fourth-order valence-electron chi connectivity index (χ4n) is 7.17. The molecule has 1 heterocycles. The van der Waals surface area contributed by atoms with Crippen molar-refractivity contribution in [2.75, 3.05) is 27.4 Å². The Hall–Kier alpha value is -4.48. The van der Waals surface area contributed by atoms with Crippen LogP contribution in [-0.2, 0) is 25.5 Å². The Morgan fingerprint density at radius 1 is 0.868 bits per heavy atom. The molecule has 1 unspecified atom stereocenters. The van der Waals surface area contributed by atoms with E-state index >= 15 is 0 Å². The highest BCUT2D eigenvalue weighted by molar-refractivity contribution is 6.35. The first-order chi connectivity index (χ1) is 25.6. The summed E-state index contributed by atoms with van der Waals surface area (Å²) >= 11 is 12.4. The number of benzene rings is 3. The molecule has 13 heteroatoms. The molecular formula is C40H46Cl2N2O9. The molecule has 3 aromatic carbocycles. The van der Waals surface area contributed by atoms with Gasteiger partial charge in [0.1, 0.15) is 23.9 Å². The summed E-state index contributed by atoms with van der Waals surface area (Å²) in [6.45, 7) is -0.183. The average Bonchev–Trinajstić information content (AvgIpc) is 3.17. The number of carboxylic acids is 1. The lowest BCUT2D eigenvalue weighted by molar-refractivity contribution is -0.163. The summed E-state index contributed by atoms with van der Waals surface area (Å²) in [5.74, 6) is -1.08. The predicted molar refractivity (Wildman–Crippen MR) is 200 cm³/mol. The quantitative estimate of drug-likeness (QED) is 0.151. The smallest absolute Gasteiger partial charge is 0.341 e. The lowest BCUT2D eigenvalue weighted by Crippen LogP contribution is -2.58. The van der Waals surface area contributed by atoms with E-state index in [1.54, 1.807) is 43.4 Å². The average molecular weight is 770 g/mol. The summed E-state index contributed by atoms with van der Waals surface area (Å²) < 4.78 is 22.6. The summed E-state index contributed by atoms with van der Waals surface area (Å²) in [5, 5.41) is 12.7. The van der Waals surface area contributed by atoms with Crippen molar-refractivity contribution in [3.05, 3.63) is 87.4 Å². The number of rotatable bonds is 15. The van der Waals surface area contributed by atoms with Gasteiger partial charge in [-0.15, -0.1) is 0 Å². The van der Waals surface area contributed by atoms with Crippen molar-refractivity contribution in [2.45, 2.75) is 82.4 Å². The number of aliphatic carboxylic acids is 1. The van der Waals surface area contributed by atoms with Crippen LogP contribution in [0.25, 0.3) is 0 Å². The van der Waals surface area contributed by atoms with Crippen molar-refractivity contribution >= 4 is 47.0 Å². The van der Waals surface area contributed by atoms with E-state index in [9.17, 15) is 19.2 Å². The number of methoxy groups -OCH3 is 2. The third-order valence-corrected chi connectivity index (χ3v) is 10.3. The zero-order valence-corrected chi connectivity index (χ0v) is 31.5. The van der Waals surface area contributed by atoms with Gasteiger partial charge in [-0.05, 0) is 104 Å². The van der Waals surface area contributed by atoms with E-state index in [0.717, 1.165) is 44.1 Å². The van der Waals surface area contributed by atoms with Crippen LogP contribution in [0.15, 0.2) is 60.7 Å². The summed E-state index contributed by atoms with van der Waals surface area (Å²) in [6.07, 6.45) is 6.42. The molecule has 5 rings (SSSR count). The maximum absolute atomic E-state index is 14.5. The molecule has 2 amide bonds. The van der Waals surface area contributed by atoms with Gasteiger partial charge in [0, 0.05) is 22.2 Å². The highest BCUT2D eigenvalue weighted by Gasteiger charge is 2.41. The minimum absolute atomic E-state index is 0.101. The summed E-state index contributed by atoms with van der Waals surface area (Å²) in [6, 6.07) is 15.2. The van der Waals surface area contributed by atoms with Gasteiger partial charge in [0.05, 0.1) is 14.2 Å². The van der Waals surface area contributed by atoms with E-state index in [4.69, 9.17) is 47.3 Å². The van der Waals surface area contributed by atoms with E-state index in [0.29, 0.717) is 65.1 Å². The molecule has 1 aliphatic carbocycles. The lowest BCUT2D eigenvalue weighted by atomic mass is 9.82. The first-order valence-electron chi connectivity index (χ1n) is 18.0. The number of esters is 1. The van der Waals surface area contributed by atoms with Crippen molar-refractivity contribution in [1.29, 1.82) is 0 Å². The highest BCUT2D eigenvalue weighted by Crippen LogP contribution is 2.34. The molecule has 284 valence electrons. The number of hydrogen-bond acceptors (Lipinski definition) is 8. The van der Waals surface area contributed by atoms with Gasteiger partial charge in [0.25, 0.3) is 5.91 Å². The second-order valence-corrected chi connectivity index (χ2v) is 14.3. The van der Waals surface area contributed by atoms with E-state index in [-0.39, 0.29) is 17.4 Å². The highest BCUT2D eigenvalue weighted by atomic mass is 35.5. The van der Waals surface area contributed by atoms with Crippen molar-refractivity contribution in [2.24, 2.45) is 5.92 Å². The second-order valence-electron chi connectivity index (χ2n) is 13.5. The van der Waals surface area contributed by atoms with Gasteiger partial charge in [0.15, 0.2) is 18.1 Å². The monoisotopic (exact) mass is 768 g/mol. The molecule has 0 aromatic heterocycles. The Kier molecular flexibility index (Phi) is 14.3. The number of amides is 2. The Morgan fingerprint density at radius 2 is 1.58 bits per heavy atom. The SMILES string of the molecule is COc1ccc(CCC(OC(=O)[C@@H]2CCCCN2C(=O)[C@@H](NC(=O)c2cc(Cl)cc(Cl)c2)C2CCCCC2)c2cccc(OCC(=O)O)c2)cc1OC. The first kappa shape index (κ1) is 39.7.